The zero-order chi connectivity index (χ0) is 13.2. The lowest BCUT2D eigenvalue weighted by molar-refractivity contribution is -0.119. The van der Waals surface area contributed by atoms with E-state index in [9.17, 15) is 4.79 Å². The fraction of sp³-hybridized carbons (Fsp3) is 0.286. The van der Waals surface area contributed by atoms with E-state index in [4.69, 9.17) is 4.74 Å². The fourth-order valence-electron chi connectivity index (χ4n) is 2.43. The lowest BCUT2D eigenvalue weighted by Crippen LogP contribution is -2.32. The molecule has 5 nitrogen and oxygen atoms in total. The summed E-state index contributed by atoms with van der Waals surface area (Å²) in [6.07, 6.45) is 0.868. The molecule has 0 spiro atoms. The molecule has 2 heterocycles. The molecule has 0 fully saturated rings. The van der Waals surface area contributed by atoms with Crippen molar-refractivity contribution in [2.75, 3.05) is 13.7 Å². The number of nitrogens with zero attached hydrogens (tertiary/aromatic N) is 3. The third kappa shape index (κ3) is 1.97. The highest BCUT2D eigenvalue weighted by Gasteiger charge is 2.24. The van der Waals surface area contributed by atoms with Crippen molar-refractivity contribution in [2.24, 2.45) is 0 Å². The minimum Gasteiger partial charge on any atom is -0.479 e. The second-order valence-corrected chi connectivity index (χ2v) is 4.48. The molecule has 0 atom stereocenters. The van der Waals surface area contributed by atoms with Gasteiger partial charge in [0.1, 0.15) is 11.5 Å². The van der Waals surface area contributed by atoms with Crippen molar-refractivity contribution in [2.45, 2.75) is 13.1 Å². The zero-order valence-electron chi connectivity index (χ0n) is 10.7. The molecule has 19 heavy (non-hydrogen) atoms. The van der Waals surface area contributed by atoms with Crippen LogP contribution in [0.3, 0.4) is 0 Å². The first-order valence-corrected chi connectivity index (χ1v) is 6.21. The summed E-state index contributed by atoms with van der Waals surface area (Å²) in [6.45, 7) is 1.98. The van der Waals surface area contributed by atoms with Gasteiger partial charge in [-0.2, -0.15) is 4.98 Å². The smallest absolute Gasteiger partial charge is 0.240 e. The van der Waals surface area contributed by atoms with Crippen molar-refractivity contribution < 1.29 is 9.53 Å². The molecule has 1 aromatic heterocycles. The zero-order valence-corrected chi connectivity index (χ0v) is 10.7. The summed E-state index contributed by atoms with van der Waals surface area (Å²) >= 11 is 0. The van der Waals surface area contributed by atoms with Gasteiger partial charge in [-0.3, -0.25) is 4.79 Å². The van der Waals surface area contributed by atoms with Crippen LogP contribution in [0.2, 0.25) is 0 Å². The largest absolute Gasteiger partial charge is 0.479 e. The highest BCUT2D eigenvalue weighted by atomic mass is 16.5. The topological polar surface area (TPSA) is 47.4 Å². The maximum Gasteiger partial charge on any atom is 0.240 e. The number of hydrogen-bond donors (Lipinski definition) is 0. The van der Waals surface area contributed by atoms with E-state index >= 15 is 0 Å². The summed E-state index contributed by atoms with van der Waals surface area (Å²) in [5.74, 6) is 1.49. The minimum absolute atomic E-state index is 0.534. The maximum atomic E-state index is 10.9. The van der Waals surface area contributed by atoms with Crippen LogP contribution in [-0.4, -0.2) is 34.5 Å². The highest BCUT2D eigenvalue weighted by Crippen LogP contribution is 2.32. The van der Waals surface area contributed by atoms with Crippen molar-refractivity contribution >= 4 is 6.41 Å². The maximum absolute atomic E-state index is 10.9. The van der Waals surface area contributed by atoms with Gasteiger partial charge in [0.25, 0.3) is 0 Å². The van der Waals surface area contributed by atoms with Gasteiger partial charge in [-0.15, -0.1) is 0 Å². The average Bonchev–Trinajstić information content (AvgIpc) is 2.85. The van der Waals surface area contributed by atoms with Crippen molar-refractivity contribution in [3.05, 3.63) is 36.2 Å². The molecule has 1 amide bonds. The third-order valence-corrected chi connectivity index (χ3v) is 3.36. The van der Waals surface area contributed by atoms with Crippen LogP contribution in [0.1, 0.15) is 5.82 Å². The van der Waals surface area contributed by atoms with E-state index < -0.39 is 0 Å². The molecule has 3 rings (SSSR count). The standard InChI is InChI=1S/C14H15N3O2/c1-19-14-13(11-5-3-2-4-6-11)17-8-7-16(10-18)9-12(17)15-14/h2-6,10H,7-9H2,1H3. The first-order chi connectivity index (χ1) is 9.33. The summed E-state index contributed by atoms with van der Waals surface area (Å²) in [6, 6.07) is 10.1. The van der Waals surface area contributed by atoms with Gasteiger partial charge in [0.05, 0.1) is 13.7 Å². The monoisotopic (exact) mass is 257 g/mol. The van der Waals surface area contributed by atoms with Gasteiger partial charge in [-0.1, -0.05) is 30.3 Å². The number of rotatable bonds is 3. The highest BCUT2D eigenvalue weighted by molar-refractivity contribution is 5.66. The fourth-order valence-corrected chi connectivity index (χ4v) is 2.43. The predicted molar refractivity (Wildman–Crippen MR) is 70.7 cm³/mol. The number of hydrogen-bond acceptors (Lipinski definition) is 3. The number of methoxy groups -OCH3 is 1. The summed E-state index contributed by atoms with van der Waals surface area (Å²) in [4.78, 5) is 17.1. The number of carbonyl (C=O) groups excluding carboxylic acids is 1. The lowest BCUT2D eigenvalue weighted by atomic mass is 10.1. The Morgan fingerprint density at radius 2 is 2.05 bits per heavy atom. The van der Waals surface area contributed by atoms with Crippen LogP contribution >= 0.6 is 0 Å². The Balaban J connectivity index is 2.10. The van der Waals surface area contributed by atoms with E-state index in [1.807, 2.05) is 30.3 Å². The van der Waals surface area contributed by atoms with Crippen LogP contribution in [0.25, 0.3) is 11.3 Å². The summed E-state index contributed by atoms with van der Waals surface area (Å²) in [5.41, 5.74) is 2.07. The lowest BCUT2D eigenvalue weighted by Gasteiger charge is -2.24. The SMILES string of the molecule is COc1nc2n(c1-c1ccccc1)CCN(C=O)C2. The van der Waals surface area contributed by atoms with E-state index in [-0.39, 0.29) is 0 Å². The summed E-state index contributed by atoms with van der Waals surface area (Å²) < 4.78 is 7.52. The molecule has 5 heteroatoms. The molecule has 0 radical (unpaired) electrons. The predicted octanol–water partition coefficient (Wildman–Crippen LogP) is 1.53. The number of fused-ring (bicyclic) bond motifs is 1. The molecular weight excluding hydrogens is 242 g/mol. The molecule has 0 aliphatic carbocycles. The van der Waals surface area contributed by atoms with Crippen LogP contribution < -0.4 is 4.74 Å². The number of ether oxygens (including phenoxy) is 1. The molecule has 1 aliphatic heterocycles. The van der Waals surface area contributed by atoms with Crippen molar-refractivity contribution in [3.8, 4) is 17.1 Å². The molecule has 0 bridgehead atoms. The van der Waals surface area contributed by atoms with E-state index in [1.54, 1.807) is 12.0 Å². The number of carbonyl (C=O) groups is 1. The van der Waals surface area contributed by atoms with E-state index in [1.165, 1.54) is 0 Å². The third-order valence-electron chi connectivity index (χ3n) is 3.36. The quantitative estimate of drug-likeness (QED) is 0.783. The van der Waals surface area contributed by atoms with Gasteiger partial charge in [0.15, 0.2) is 0 Å². The van der Waals surface area contributed by atoms with Gasteiger partial charge in [-0.25, -0.2) is 0 Å². The van der Waals surface area contributed by atoms with Crippen molar-refractivity contribution in [1.82, 2.24) is 14.5 Å². The van der Waals surface area contributed by atoms with Crippen LogP contribution in [0.15, 0.2) is 30.3 Å². The number of amides is 1. The number of aromatic nitrogens is 2. The van der Waals surface area contributed by atoms with Gasteiger partial charge in [0, 0.05) is 18.7 Å². The van der Waals surface area contributed by atoms with E-state index in [0.29, 0.717) is 19.0 Å². The van der Waals surface area contributed by atoms with E-state index in [2.05, 4.69) is 9.55 Å². The van der Waals surface area contributed by atoms with Gasteiger partial charge < -0.3 is 14.2 Å². The molecule has 98 valence electrons. The molecule has 1 aromatic carbocycles. The Labute approximate surface area is 111 Å². The number of benzene rings is 1. The Kier molecular flexibility index (Phi) is 2.95. The number of imidazole rings is 1. The Bertz CT molecular complexity index is 592. The molecule has 0 saturated heterocycles. The van der Waals surface area contributed by atoms with Crippen LogP contribution in [0, 0.1) is 0 Å². The van der Waals surface area contributed by atoms with Crippen LogP contribution in [0.4, 0.5) is 0 Å². The van der Waals surface area contributed by atoms with Crippen molar-refractivity contribution in [1.29, 1.82) is 0 Å². The second kappa shape index (κ2) is 4.76. The molecule has 1 aliphatic rings. The summed E-state index contributed by atoms with van der Waals surface area (Å²) in [7, 11) is 1.62. The molecular formula is C14H15N3O2. The second-order valence-electron chi connectivity index (χ2n) is 4.48. The van der Waals surface area contributed by atoms with Gasteiger partial charge in [0.2, 0.25) is 12.3 Å². The Morgan fingerprint density at radius 1 is 1.26 bits per heavy atom. The average molecular weight is 257 g/mol. The first-order valence-electron chi connectivity index (χ1n) is 6.21. The summed E-state index contributed by atoms with van der Waals surface area (Å²) in [5, 5.41) is 0. The van der Waals surface area contributed by atoms with Gasteiger partial charge in [-0.05, 0) is 0 Å². The molecule has 0 unspecified atom stereocenters. The minimum atomic E-state index is 0.534. The van der Waals surface area contributed by atoms with Gasteiger partial charge >= 0.3 is 0 Å². The first kappa shape index (κ1) is 11.8. The van der Waals surface area contributed by atoms with Crippen LogP contribution in [-0.2, 0) is 17.9 Å². The molecule has 0 saturated carbocycles. The molecule has 0 N–H and O–H groups in total. The van der Waals surface area contributed by atoms with E-state index in [0.717, 1.165) is 30.0 Å². The normalized spacial score (nSPS) is 14.1. The Hall–Kier alpha value is -2.30. The molecule has 2 aromatic rings. The Morgan fingerprint density at radius 3 is 2.74 bits per heavy atom. The van der Waals surface area contributed by atoms with Crippen LogP contribution in [0.5, 0.6) is 5.88 Å². The van der Waals surface area contributed by atoms with Crippen molar-refractivity contribution in [3.63, 3.8) is 0 Å².